The van der Waals surface area contributed by atoms with Crippen molar-refractivity contribution in [2.24, 2.45) is 5.10 Å². The van der Waals surface area contributed by atoms with E-state index in [1.54, 1.807) is 6.21 Å². The molecule has 0 atom stereocenters. The van der Waals surface area contributed by atoms with Gasteiger partial charge in [-0.05, 0) is 60.4 Å². The number of rotatable bonds is 8. The van der Waals surface area contributed by atoms with Gasteiger partial charge in [0.15, 0.2) is 6.61 Å². The van der Waals surface area contributed by atoms with Crippen molar-refractivity contribution in [3.05, 3.63) is 95.1 Å². The molecule has 0 aromatic heterocycles. The Bertz CT molecular complexity index is 947. The van der Waals surface area contributed by atoms with Gasteiger partial charge < -0.3 is 9.47 Å². The van der Waals surface area contributed by atoms with Crippen molar-refractivity contribution in [3.8, 4) is 11.5 Å². The van der Waals surface area contributed by atoms with Crippen LogP contribution in [0.25, 0.3) is 0 Å². The maximum Gasteiger partial charge on any atom is 0.277 e. The van der Waals surface area contributed by atoms with Crippen molar-refractivity contribution >= 4 is 12.1 Å². The summed E-state index contributed by atoms with van der Waals surface area (Å²) >= 11 is 0. The van der Waals surface area contributed by atoms with Gasteiger partial charge in [0.1, 0.15) is 18.1 Å². The van der Waals surface area contributed by atoms with Crippen LogP contribution in [0.5, 0.6) is 11.5 Å². The number of aryl methyl sites for hydroxylation is 2. The van der Waals surface area contributed by atoms with Gasteiger partial charge in [-0.15, -0.1) is 0 Å². The average Bonchev–Trinajstić information content (AvgIpc) is 2.73. The molecule has 0 unspecified atom stereocenters. The first kappa shape index (κ1) is 20.1. The summed E-state index contributed by atoms with van der Waals surface area (Å²) in [5.74, 6) is 1.20. The number of carbonyl (C=O) groups is 1. The third-order valence-electron chi connectivity index (χ3n) is 4.29. The molecule has 0 saturated carbocycles. The number of ether oxygens (including phenoxy) is 2. The van der Waals surface area contributed by atoms with Crippen LogP contribution in [0, 0.1) is 13.8 Å². The SMILES string of the molecule is Cc1cccc(C)c1OCC(=O)NN=Cc1ccc(OCc2ccccc2)cc1. The minimum atomic E-state index is -0.313. The molecule has 3 aromatic rings. The quantitative estimate of drug-likeness (QED) is 0.459. The van der Waals surface area contributed by atoms with Crippen LogP contribution in [-0.4, -0.2) is 18.7 Å². The second-order valence-corrected chi connectivity index (χ2v) is 6.65. The molecular weight excluding hydrogens is 364 g/mol. The molecule has 0 fully saturated rings. The van der Waals surface area contributed by atoms with E-state index in [1.165, 1.54) is 0 Å². The second-order valence-electron chi connectivity index (χ2n) is 6.65. The van der Waals surface area contributed by atoms with E-state index in [9.17, 15) is 4.79 Å². The fourth-order valence-corrected chi connectivity index (χ4v) is 2.77. The zero-order valence-electron chi connectivity index (χ0n) is 16.6. The Morgan fingerprint density at radius 1 is 0.897 bits per heavy atom. The minimum Gasteiger partial charge on any atom is -0.489 e. The molecule has 5 nitrogen and oxygen atoms in total. The summed E-state index contributed by atoms with van der Waals surface area (Å²) in [5.41, 5.74) is 6.44. The Kier molecular flexibility index (Phi) is 7.00. The number of carbonyl (C=O) groups excluding carboxylic acids is 1. The fourth-order valence-electron chi connectivity index (χ4n) is 2.77. The third kappa shape index (κ3) is 6.21. The summed E-state index contributed by atoms with van der Waals surface area (Å²) in [6, 6.07) is 23.4. The summed E-state index contributed by atoms with van der Waals surface area (Å²) in [4.78, 5) is 11.9. The first-order chi connectivity index (χ1) is 14.1. The maximum atomic E-state index is 11.9. The molecule has 0 heterocycles. The summed E-state index contributed by atoms with van der Waals surface area (Å²) in [5, 5.41) is 3.98. The van der Waals surface area contributed by atoms with E-state index in [1.807, 2.05) is 86.6 Å². The zero-order valence-corrected chi connectivity index (χ0v) is 16.6. The van der Waals surface area contributed by atoms with Crippen molar-refractivity contribution in [1.29, 1.82) is 0 Å². The molecule has 29 heavy (non-hydrogen) atoms. The largest absolute Gasteiger partial charge is 0.489 e. The highest BCUT2D eigenvalue weighted by atomic mass is 16.5. The Morgan fingerprint density at radius 2 is 1.59 bits per heavy atom. The second kappa shape index (κ2) is 10.1. The van der Waals surface area contributed by atoms with Gasteiger partial charge >= 0.3 is 0 Å². The highest BCUT2D eigenvalue weighted by Gasteiger charge is 2.06. The van der Waals surface area contributed by atoms with Gasteiger partial charge in [-0.1, -0.05) is 48.5 Å². The summed E-state index contributed by atoms with van der Waals surface area (Å²) in [6.07, 6.45) is 1.58. The number of nitrogens with zero attached hydrogens (tertiary/aromatic N) is 1. The van der Waals surface area contributed by atoms with Crippen molar-refractivity contribution in [2.75, 3.05) is 6.61 Å². The number of nitrogens with one attached hydrogen (secondary N) is 1. The van der Waals surface area contributed by atoms with E-state index in [0.29, 0.717) is 6.61 Å². The van der Waals surface area contributed by atoms with Crippen LogP contribution in [0.1, 0.15) is 22.3 Å². The highest BCUT2D eigenvalue weighted by Crippen LogP contribution is 2.22. The Labute approximate surface area is 171 Å². The molecule has 0 aliphatic rings. The standard InChI is InChI=1S/C24H24N2O3/c1-18-7-6-8-19(2)24(18)29-17-23(27)26-25-15-20-11-13-22(14-12-20)28-16-21-9-4-3-5-10-21/h3-15H,16-17H2,1-2H3,(H,26,27). The molecule has 0 spiro atoms. The number of hydrogen-bond donors (Lipinski definition) is 1. The van der Waals surface area contributed by atoms with Gasteiger partial charge in [-0.25, -0.2) is 5.43 Å². The first-order valence-corrected chi connectivity index (χ1v) is 9.39. The Balaban J connectivity index is 1.44. The number of hydrazone groups is 1. The van der Waals surface area contributed by atoms with E-state index in [4.69, 9.17) is 9.47 Å². The van der Waals surface area contributed by atoms with Crippen LogP contribution in [0.2, 0.25) is 0 Å². The molecule has 0 saturated heterocycles. The molecule has 0 aliphatic heterocycles. The fraction of sp³-hybridized carbons (Fsp3) is 0.167. The number of amides is 1. The molecule has 148 valence electrons. The molecule has 0 aliphatic carbocycles. The van der Waals surface area contributed by atoms with E-state index in [0.717, 1.165) is 33.8 Å². The zero-order chi connectivity index (χ0) is 20.5. The molecule has 3 aromatic carbocycles. The Hall–Kier alpha value is -3.60. The maximum absolute atomic E-state index is 11.9. The van der Waals surface area contributed by atoms with Crippen molar-refractivity contribution in [3.63, 3.8) is 0 Å². The molecule has 1 N–H and O–H groups in total. The van der Waals surface area contributed by atoms with E-state index in [2.05, 4.69) is 10.5 Å². The van der Waals surface area contributed by atoms with Crippen LogP contribution in [0.3, 0.4) is 0 Å². The molecule has 3 rings (SSSR count). The monoisotopic (exact) mass is 388 g/mol. The molecule has 0 bridgehead atoms. The van der Waals surface area contributed by atoms with Crippen LogP contribution >= 0.6 is 0 Å². The lowest BCUT2D eigenvalue weighted by atomic mass is 10.1. The van der Waals surface area contributed by atoms with Crippen molar-refractivity contribution in [2.45, 2.75) is 20.5 Å². The van der Waals surface area contributed by atoms with Gasteiger partial charge in [0.2, 0.25) is 0 Å². The van der Waals surface area contributed by atoms with Crippen LogP contribution in [0.15, 0.2) is 77.9 Å². The average molecular weight is 388 g/mol. The van der Waals surface area contributed by atoms with E-state index in [-0.39, 0.29) is 12.5 Å². The minimum absolute atomic E-state index is 0.0880. The molecule has 1 amide bonds. The summed E-state index contributed by atoms with van der Waals surface area (Å²) in [6.45, 7) is 4.33. The first-order valence-electron chi connectivity index (χ1n) is 9.39. The van der Waals surface area contributed by atoms with Gasteiger partial charge in [-0.2, -0.15) is 5.10 Å². The Morgan fingerprint density at radius 3 is 2.28 bits per heavy atom. The number of hydrogen-bond acceptors (Lipinski definition) is 4. The normalized spacial score (nSPS) is 10.7. The molecule has 5 heteroatoms. The van der Waals surface area contributed by atoms with Crippen LogP contribution in [-0.2, 0) is 11.4 Å². The lowest BCUT2D eigenvalue weighted by Crippen LogP contribution is -2.25. The van der Waals surface area contributed by atoms with E-state index >= 15 is 0 Å². The van der Waals surface area contributed by atoms with Gasteiger partial charge in [0.25, 0.3) is 5.91 Å². The van der Waals surface area contributed by atoms with Crippen molar-refractivity contribution in [1.82, 2.24) is 5.43 Å². The topological polar surface area (TPSA) is 59.9 Å². The van der Waals surface area contributed by atoms with Gasteiger partial charge in [0, 0.05) is 0 Å². The van der Waals surface area contributed by atoms with Crippen LogP contribution < -0.4 is 14.9 Å². The van der Waals surface area contributed by atoms with Crippen LogP contribution in [0.4, 0.5) is 0 Å². The van der Waals surface area contributed by atoms with E-state index < -0.39 is 0 Å². The molecule has 0 radical (unpaired) electrons. The smallest absolute Gasteiger partial charge is 0.277 e. The number of para-hydroxylation sites is 1. The summed E-state index contributed by atoms with van der Waals surface area (Å²) in [7, 11) is 0. The predicted octanol–water partition coefficient (Wildman–Crippen LogP) is 4.41. The summed E-state index contributed by atoms with van der Waals surface area (Å²) < 4.78 is 11.4. The predicted molar refractivity (Wildman–Crippen MR) is 114 cm³/mol. The molecular formula is C24H24N2O3. The third-order valence-corrected chi connectivity index (χ3v) is 4.29. The lowest BCUT2D eigenvalue weighted by Gasteiger charge is -2.10. The lowest BCUT2D eigenvalue weighted by molar-refractivity contribution is -0.123. The number of benzene rings is 3. The van der Waals surface area contributed by atoms with Crippen molar-refractivity contribution < 1.29 is 14.3 Å². The highest BCUT2D eigenvalue weighted by molar-refractivity contribution is 5.83. The van der Waals surface area contributed by atoms with Gasteiger partial charge in [0.05, 0.1) is 6.21 Å². The van der Waals surface area contributed by atoms with Gasteiger partial charge in [-0.3, -0.25) is 4.79 Å².